The Labute approximate surface area is 208 Å². The van der Waals surface area contributed by atoms with Crippen LogP contribution in [0.5, 0.6) is 0 Å². The van der Waals surface area contributed by atoms with Gasteiger partial charge < -0.3 is 11.1 Å². The lowest BCUT2D eigenvalue weighted by molar-refractivity contribution is -0.137. The standard InChI is InChI=1S/C23H13ClF7N5O/c24-16-2-1-13(25)6-18(16)35-21-15(3-10(7-33-21)11-8-34-36(9-11)22(27)28)19-14(20(32)37)4-12(5-17(19)26)23(29,30)31/h1-9,22H,(H2,32,37)(H,33,35). The molecule has 6 nitrogen and oxygen atoms in total. The molecule has 3 N–H and O–H groups in total. The predicted octanol–water partition coefficient (Wildman–Crippen LogP) is 6.80. The third-order valence-corrected chi connectivity index (χ3v) is 5.49. The van der Waals surface area contributed by atoms with E-state index in [1.165, 1.54) is 12.1 Å². The molecule has 0 bridgehead atoms. The smallest absolute Gasteiger partial charge is 0.366 e. The summed E-state index contributed by atoms with van der Waals surface area (Å²) in [6.45, 7) is -2.97. The van der Waals surface area contributed by atoms with Crippen LogP contribution in [0.4, 0.5) is 42.2 Å². The third kappa shape index (κ3) is 5.35. The monoisotopic (exact) mass is 543 g/mol. The van der Waals surface area contributed by atoms with E-state index in [4.69, 9.17) is 17.3 Å². The Morgan fingerprint density at radius 3 is 2.41 bits per heavy atom. The van der Waals surface area contributed by atoms with Crippen LogP contribution in [0.15, 0.2) is 55.0 Å². The van der Waals surface area contributed by atoms with Crippen molar-refractivity contribution in [3.63, 3.8) is 0 Å². The molecular weight excluding hydrogens is 531 g/mol. The summed E-state index contributed by atoms with van der Waals surface area (Å²) in [6.07, 6.45) is -1.82. The Bertz CT molecular complexity index is 1500. The van der Waals surface area contributed by atoms with Gasteiger partial charge in [-0.3, -0.25) is 4.79 Å². The number of aromatic nitrogens is 3. The molecule has 0 spiro atoms. The predicted molar refractivity (Wildman–Crippen MR) is 120 cm³/mol. The maximum absolute atomic E-state index is 15.2. The van der Waals surface area contributed by atoms with Crippen molar-refractivity contribution in [1.82, 2.24) is 14.8 Å². The molecule has 0 aliphatic carbocycles. The molecule has 1 amide bonds. The maximum Gasteiger partial charge on any atom is 0.416 e. The summed E-state index contributed by atoms with van der Waals surface area (Å²) in [5.74, 6) is -3.81. The number of amides is 1. The van der Waals surface area contributed by atoms with Crippen molar-refractivity contribution in [2.45, 2.75) is 12.7 Å². The Morgan fingerprint density at radius 1 is 1.05 bits per heavy atom. The van der Waals surface area contributed by atoms with Crippen molar-refractivity contribution in [1.29, 1.82) is 0 Å². The molecule has 0 aliphatic heterocycles. The van der Waals surface area contributed by atoms with Gasteiger partial charge in [0.15, 0.2) is 0 Å². The largest absolute Gasteiger partial charge is 0.416 e. The second-order valence-electron chi connectivity index (χ2n) is 7.60. The molecule has 2 aromatic carbocycles. The first kappa shape index (κ1) is 25.9. The van der Waals surface area contributed by atoms with Gasteiger partial charge in [0.05, 0.1) is 28.0 Å². The van der Waals surface area contributed by atoms with Gasteiger partial charge in [0, 0.05) is 34.6 Å². The van der Waals surface area contributed by atoms with Crippen LogP contribution in [0.2, 0.25) is 5.02 Å². The van der Waals surface area contributed by atoms with Gasteiger partial charge in [-0.05, 0) is 36.4 Å². The number of pyridine rings is 1. The van der Waals surface area contributed by atoms with Crippen LogP contribution in [0.3, 0.4) is 0 Å². The summed E-state index contributed by atoms with van der Waals surface area (Å²) in [4.78, 5) is 16.2. The number of rotatable bonds is 6. The van der Waals surface area contributed by atoms with Crippen molar-refractivity contribution in [2.75, 3.05) is 5.32 Å². The zero-order chi connectivity index (χ0) is 27.1. The van der Waals surface area contributed by atoms with Crippen LogP contribution in [-0.2, 0) is 6.18 Å². The van der Waals surface area contributed by atoms with Crippen molar-refractivity contribution >= 4 is 29.0 Å². The normalized spacial score (nSPS) is 11.7. The van der Waals surface area contributed by atoms with Gasteiger partial charge in [-0.15, -0.1) is 0 Å². The Kier molecular flexibility index (Phi) is 6.82. The van der Waals surface area contributed by atoms with E-state index in [0.29, 0.717) is 10.7 Å². The summed E-state index contributed by atoms with van der Waals surface area (Å²) in [7, 11) is 0. The number of benzene rings is 2. The number of halogens is 8. The second-order valence-corrected chi connectivity index (χ2v) is 8.01. The van der Waals surface area contributed by atoms with Crippen molar-refractivity contribution in [3.05, 3.63) is 82.8 Å². The average Bonchev–Trinajstić information content (AvgIpc) is 3.31. The molecule has 0 saturated carbocycles. The van der Waals surface area contributed by atoms with Gasteiger partial charge in [-0.2, -0.15) is 27.1 Å². The van der Waals surface area contributed by atoms with Gasteiger partial charge in [0.1, 0.15) is 17.5 Å². The molecule has 0 fully saturated rings. The summed E-state index contributed by atoms with van der Waals surface area (Å²) in [6, 6.07) is 4.97. The fourth-order valence-electron chi connectivity index (χ4n) is 3.47. The first-order valence-corrected chi connectivity index (χ1v) is 10.5. The number of nitrogens with zero attached hydrogens (tertiary/aromatic N) is 3. The first-order valence-electron chi connectivity index (χ1n) is 10.1. The van der Waals surface area contributed by atoms with Crippen molar-refractivity contribution < 1.29 is 35.5 Å². The third-order valence-electron chi connectivity index (χ3n) is 5.16. The highest BCUT2D eigenvalue weighted by Gasteiger charge is 2.34. The van der Waals surface area contributed by atoms with Crippen LogP contribution < -0.4 is 11.1 Å². The van der Waals surface area contributed by atoms with E-state index in [9.17, 15) is 31.1 Å². The van der Waals surface area contributed by atoms with Gasteiger partial charge in [-0.1, -0.05) is 11.6 Å². The van der Waals surface area contributed by atoms with E-state index in [1.54, 1.807) is 0 Å². The number of hydrogen-bond acceptors (Lipinski definition) is 4. The van der Waals surface area contributed by atoms with E-state index in [2.05, 4.69) is 15.4 Å². The van der Waals surface area contributed by atoms with Crippen molar-refractivity contribution in [3.8, 4) is 22.3 Å². The summed E-state index contributed by atoms with van der Waals surface area (Å²) >= 11 is 6.08. The van der Waals surface area contributed by atoms with Gasteiger partial charge in [-0.25, -0.2) is 18.4 Å². The molecule has 0 radical (unpaired) electrons. The van der Waals surface area contributed by atoms with Gasteiger partial charge in [0.2, 0.25) is 5.91 Å². The quantitative estimate of drug-likeness (QED) is 0.262. The number of carbonyl (C=O) groups is 1. The second kappa shape index (κ2) is 9.73. The molecule has 14 heteroatoms. The number of carbonyl (C=O) groups excluding carboxylic acids is 1. The van der Waals surface area contributed by atoms with Crippen LogP contribution in [0.1, 0.15) is 22.5 Å². The van der Waals surface area contributed by atoms with E-state index < -0.39 is 47.0 Å². The lowest BCUT2D eigenvalue weighted by atomic mass is 9.94. The van der Waals surface area contributed by atoms with E-state index in [1.807, 2.05) is 0 Å². The number of hydrogen-bond donors (Lipinski definition) is 2. The van der Waals surface area contributed by atoms with E-state index in [0.717, 1.165) is 30.7 Å². The van der Waals surface area contributed by atoms with Gasteiger partial charge >= 0.3 is 12.7 Å². The van der Waals surface area contributed by atoms with Crippen molar-refractivity contribution in [2.24, 2.45) is 5.73 Å². The van der Waals surface area contributed by atoms with Crippen LogP contribution >= 0.6 is 11.6 Å². The minimum absolute atomic E-state index is 0.0134. The highest BCUT2D eigenvalue weighted by atomic mass is 35.5. The first-order chi connectivity index (χ1) is 17.3. The Morgan fingerprint density at radius 2 is 1.78 bits per heavy atom. The summed E-state index contributed by atoms with van der Waals surface area (Å²) in [5, 5.41) is 6.17. The average molecular weight is 544 g/mol. The highest BCUT2D eigenvalue weighted by molar-refractivity contribution is 6.33. The van der Waals surface area contributed by atoms with Crippen LogP contribution in [0, 0.1) is 11.6 Å². The topological polar surface area (TPSA) is 85.8 Å². The SMILES string of the molecule is NC(=O)c1cc(C(F)(F)F)cc(F)c1-c1cc(-c2cnn(C(F)F)c2)cnc1Nc1cc(F)ccc1Cl. The van der Waals surface area contributed by atoms with E-state index >= 15 is 4.39 Å². The molecule has 4 aromatic rings. The molecule has 37 heavy (non-hydrogen) atoms. The lowest BCUT2D eigenvalue weighted by Gasteiger charge is -2.18. The lowest BCUT2D eigenvalue weighted by Crippen LogP contribution is -2.17. The molecule has 4 rings (SSSR count). The van der Waals surface area contributed by atoms with Crippen LogP contribution in [0.25, 0.3) is 22.3 Å². The zero-order valence-corrected chi connectivity index (χ0v) is 18.9. The van der Waals surface area contributed by atoms with Crippen LogP contribution in [-0.4, -0.2) is 20.7 Å². The highest BCUT2D eigenvalue weighted by Crippen LogP contribution is 2.40. The fourth-order valence-corrected chi connectivity index (χ4v) is 3.63. The number of primary amides is 1. The Balaban J connectivity index is 1.97. The maximum atomic E-state index is 15.2. The Hall–Kier alpha value is -4.13. The summed E-state index contributed by atoms with van der Waals surface area (Å²) < 4.78 is 95.2. The molecule has 0 saturated heterocycles. The number of nitrogens with two attached hydrogens (primary N) is 1. The number of nitrogens with one attached hydrogen (secondary N) is 1. The molecule has 0 unspecified atom stereocenters. The molecule has 192 valence electrons. The molecule has 2 heterocycles. The molecular formula is C23H13ClF7N5O. The number of alkyl halides is 5. The fraction of sp³-hybridized carbons (Fsp3) is 0.0870. The number of anilines is 2. The molecule has 0 aliphatic rings. The summed E-state index contributed by atoms with van der Waals surface area (Å²) in [5.41, 5.74) is 2.18. The van der Waals surface area contributed by atoms with Gasteiger partial charge in [0.25, 0.3) is 0 Å². The van der Waals surface area contributed by atoms with E-state index in [-0.39, 0.29) is 39.3 Å². The minimum atomic E-state index is -5.00. The minimum Gasteiger partial charge on any atom is -0.366 e. The zero-order valence-electron chi connectivity index (χ0n) is 18.1. The molecule has 0 atom stereocenters. The molecule has 2 aromatic heterocycles.